The standard InChI is InChI=1S/C21H25NO4/c1-25-18-9-5-16(6-10-18)4-3-15-22-21(24)14-13-20(23)17-7-11-19(26-2)12-8-17/h5-12H,3-4,13-15H2,1-2H3,(H,22,24). The van der Waals surface area contributed by atoms with Crippen molar-refractivity contribution in [3.8, 4) is 11.5 Å². The zero-order valence-electron chi connectivity index (χ0n) is 15.3. The van der Waals surface area contributed by atoms with E-state index in [2.05, 4.69) is 5.32 Å². The average molecular weight is 355 g/mol. The number of ether oxygens (including phenoxy) is 2. The highest BCUT2D eigenvalue weighted by Gasteiger charge is 2.09. The lowest BCUT2D eigenvalue weighted by Crippen LogP contribution is -2.25. The van der Waals surface area contributed by atoms with Crippen LogP contribution in [0.2, 0.25) is 0 Å². The van der Waals surface area contributed by atoms with E-state index >= 15 is 0 Å². The van der Waals surface area contributed by atoms with Crippen LogP contribution < -0.4 is 14.8 Å². The molecule has 0 spiro atoms. The molecule has 2 aromatic carbocycles. The molecule has 0 fully saturated rings. The molecule has 0 aliphatic carbocycles. The van der Waals surface area contributed by atoms with Gasteiger partial charge >= 0.3 is 0 Å². The van der Waals surface area contributed by atoms with Crippen LogP contribution in [0.25, 0.3) is 0 Å². The van der Waals surface area contributed by atoms with Crippen molar-refractivity contribution in [3.05, 3.63) is 59.7 Å². The largest absolute Gasteiger partial charge is 0.497 e. The van der Waals surface area contributed by atoms with E-state index in [-0.39, 0.29) is 24.5 Å². The van der Waals surface area contributed by atoms with Crippen molar-refractivity contribution >= 4 is 11.7 Å². The second-order valence-electron chi connectivity index (χ2n) is 5.95. The van der Waals surface area contributed by atoms with Crippen LogP contribution in [0, 0.1) is 0 Å². The molecule has 0 bridgehead atoms. The summed E-state index contributed by atoms with van der Waals surface area (Å²) in [6.07, 6.45) is 2.14. The van der Waals surface area contributed by atoms with Crippen molar-refractivity contribution in [3.63, 3.8) is 0 Å². The van der Waals surface area contributed by atoms with Crippen LogP contribution in [0.1, 0.15) is 35.2 Å². The van der Waals surface area contributed by atoms with Gasteiger partial charge in [-0.2, -0.15) is 0 Å². The molecule has 0 aliphatic heterocycles. The minimum Gasteiger partial charge on any atom is -0.497 e. The Kier molecular flexibility index (Phi) is 7.68. The number of rotatable bonds is 10. The molecule has 5 heteroatoms. The lowest BCUT2D eigenvalue weighted by atomic mass is 10.1. The van der Waals surface area contributed by atoms with Crippen LogP contribution >= 0.6 is 0 Å². The Bertz CT molecular complexity index is 708. The number of hydrogen-bond acceptors (Lipinski definition) is 4. The molecule has 2 rings (SSSR count). The summed E-state index contributed by atoms with van der Waals surface area (Å²) in [7, 11) is 3.22. The van der Waals surface area contributed by atoms with Gasteiger partial charge in [0.25, 0.3) is 0 Å². The van der Waals surface area contributed by atoms with Crippen LogP contribution in [0.15, 0.2) is 48.5 Å². The van der Waals surface area contributed by atoms with E-state index in [1.165, 1.54) is 5.56 Å². The van der Waals surface area contributed by atoms with Gasteiger partial charge in [-0.1, -0.05) is 12.1 Å². The number of amides is 1. The van der Waals surface area contributed by atoms with Gasteiger partial charge in [0.1, 0.15) is 11.5 Å². The first-order valence-electron chi connectivity index (χ1n) is 8.69. The molecule has 138 valence electrons. The maximum Gasteiger partial charge on any atom is 0.220 e. The highest BCUT2D eigenvalue weighted by molar-refractivity contribution is 5.98. The summed E-state index contributed by atoms with van der Waals surface area (Å²) in [6.45, 7) is 0.599. The van der Waals surface area contributed by atoms with Crippen LogP contribution in [-0.2, 0) is 11.2 Å². The molecule has 0 radical (unpaired) electrons. The van der Waals surface area contributed by atoms with Gasteiger partial charge in [-0.3, -0.25) is 9.59 Å². The van der Waals surface area contributed by atoms with Crippen molar-refractivity contribution < 1.29 is 19.1 Å². The molecular weight excluding hydrogens is 330 g/mol. The Morgan fingerprint density at radius 1 is 0.846 bits per heavy atom. The predicted octanol–water partition coefficient (Wildman–Crippen LogP) is 3.42. The van der Waals surface area contributed by atoms with Gasteiger partial charge in [-0.05, 0) is 54.8 Å². The normalized spacial score (nSPS) is 10.2. The number of ketones is 1. The highest BCUT2D eigenvalue weighted by Crippen LogP contribution is 2.14. The van der Waals surface area contributed by atoms with E-state index in [9.17, 15) is 9.59 Å². The summed E-state index contributed by atoms with van der Waals surface area (Å²) in [4.78, 5) is 24.0. The number of aryl methyl sites for hydroxylation is 1. The van der Waals surface area contributed by atoms with Gasteiger partial charge in [0, 0.05) is 24.9 Å². The quantitative estimate of drug-likeness (QED) is 0.524. The van der Waals surface area contributed by atoms with Crippen molar-refractivity contribution in [1.29, 1.82) is 0 Å². The first kappa shape index (κ1) is 19.5. The maximum absolute atomic E-state index is 12.1. The highest BCUT2D eigenvalue weighted by atomic mass is 16.5. The van der Waals surface area contributed by atoms with E-state index in [1.807, 2.05) is 24.3 Å². The van der Waals surface area contributed by atoms with Crippen LogP contribution in [0.5, 0.6) is 11.5 Å². The smallest absolute Gasteiger partial charge is 0.220 e. The number of carbonyl (C=O) groups is 2. The number of hydrogen-bond donors (Lipinski definition) is 1. The lowest BCUT2D eigenvalue weighted by molar-refractivity contribution is -0.121. The SMILES string of the molecule is COc1ccc(CCCNC(=O)CCC(=O)c2ccc(OC)cc2)cc1. The molecule has 0 atom stereocenters. The zero-order valence-corrected chi connectivity index (χ0v) is 15.3. The van der Waals surface area contributed by atoms with Gasteiger partial charge in [0.05, 0.1) is 14.2 Å². The molecule has 0 heterocycles. The van der Waals surface area contributed by atoms with Crippen LogP contribution in [-0.4, -0.2) is 32.5 Å². The number of Topliss-reactive ketones (excluding diaryl/α,β-unsaturated/α-hetero) is 1. The van der Waals surface area contributed by atoms with Crippen molar-refractivity contribution in [2.45, 2.75) is 25.7 Å². The fourth-order valence-corrected chi connectivity index (χ4v) is 2.55. The van der Waals surface area contributed by atoms with Gasteiger partial charge in [0.15, 0.2) is 5.78 Å². The molecule has 1 amide bonds. The summed E-state index contributed by atoms with van der Waals surface area (Å²) in [5.74, 6) is 1.40. The lowest BCUT2D eigenvalue weighted by Gasteiger charge is -2.06. The molecule has 0 saturated heterocycles. The van der Waals surface area contributed by atoms with E-state index in [4.69, 9.17) is 9.47 Å². The Labute approximate surface area is 154 Å². The topological polar surface area (TPSA) is 64.6 Å². The van der Waals surface area contributed by atoms with Gasteiger partial charge in [-0.15, -0.1) is 0 Å². The molecule has 5 nitrogen and oxygen atoms in total. The Morgan fingerprint density at radius 3 is 2.00 bits per heavy atom. The number of benzene rings is 2. The van der Waals surface area contributed by atoms with Gasteiger partial charge in [-0.25, -0.2) is 0 Å². The first-order valence-corrected chi connectivity index (χ1v) is 8.69. The summed E-state index contributed by atoms with van der Waals surface area (Å²) >= 11 is 0. The fourth-order valence-electron chi connectivity index (χ4n) is 2.55. The summed E-state index contributed by atoms with van der Waals surface area (Å²) in [5.41, 5.74) is 1.80. The fraction of sp³-hybridized carbons (Fsp3) is 0.333. The minimum absolute atomic E-state index is 0.0407. The second kappa shape index (κ2) is 10.2. The molecule has 0 unspecified atom stereocenters. The van der Waals surface area contributed by atoms with E-state index < -0.39 is 0 Å². The van der Waals surface area contributed by atoms with Crippen molar-refractivity contribution in [2.75, 3.05) is 20.8 Å². The van der Waals surface area contributed by atoms with Gasteiger partial charge in [0.2, 0.25) is 5.91 Å². The monoisotopic (exact) mass is 355 g/mol. The Hall–Kier alpha value is -2.82. The maximum atomic E-state index is 12.1. The minimum atomic E-state index is -0.0957. The third-order valence-electron chi connectivity index (χ3n) is 4.11. The van der Waals surface area contributed by atoms with Crippen LogP contribution in [0.3, 0.4) is 0 Å². The third-order valence-corrected chi connectivity index (χ3v) is 4.11. The molecular formula is C21H25NO4. The number of carbonyl (C=O) groups excluding carboxylic acids is 2. The molecule has 1 N–H and O–H groups in total. The van der Waals surface area contributed by atoms with Crippen molar-refractivity contribution in [1.82, 2.24) is 5.32 Å². The zero-order chi connectivity index (χ0) is 18.8. The predicted molar refractivity (Wildman–Crippen MR) is 101 cm³/mol. The Morgan fingerprint density at radius 2 is 1.42 bits per heavy atom. The summed E-state index contributed by atoms with van der Waals surface area (Å²) in [5, 5.41) is 2.86. The molecule has 0 aliphatic rings. The van der Waals surface area contributed by atoms with Crippen LogP contribution in [0.4, 0.5) is 0 Å². The number of methoxy groups -OCH3 is 2. The third kappa shape index (κ3) is 6.24. The number of nitrogens with one attached hydrogen (secondary N) is 1. The second-order valence-corrected chi connectivity index (χ2v) is 5.95. The van der Waals surface area contributed by atoms with Crippen molar-refractivity contribution in [2.24, 2.45) is 0 Å². The average Bonchev–Trinajstić information content (AvgIpc) is 2.70. The van der Waals surface area contributed by atoms with E-state index in [1.54, 1.807) is 38.5 Å². The molecule has 0 saturated carbocycles. The van der Waals surface area contributed by atoms with E-state index in [0.717, 1.165) is 18.6 Å². The Balaban J connectivity index is 1.64. The summed E-state index contributed by atoms with van der Waals surface area (Å²) in [6, 6.07) is 14.8. The van der Waals surface area contributed by atoms with Gasteiger partial charge < -0.3 is 14.8 Å². The molecule has 0 aromatic heterocycles. The van der Waals surface area contributed by atoms with E-state index in [0.29, 0.717) is 17.9 Å². The molecule has 2 aromatic rings. The first-order chi connectivity index (χ1) is 12.6. The summed E-state index contributed by atoms with van der Waals surface area (Å²) < 4.78 is 10.2. The molecule has 26 heavy (non-hydrogen) atoms.